The maximum Gasteiger partial charge on any atom is 0.337 e. The molecule has 0 aliphatic heterocycles. The number of aromatic carboxylic acids is 1. The Labute approximate surface area is 138 Å². The number of nitrogens with zero attached hydrogens (tertiary/aromatic N) is 1. The predicted octanol–water partition coefficient (Wildman–Crippen LogP) is 1.82. The zero-order valence-corrected chi connectivity index (χ0v) is 13.2. The molecule has 0 aliphatic rings. The predicted molar refractivity (Wildman–Crippen MR) is 84.6 cm³/mol. The van der Waals surface area contributed by atoms with E-state index in [1.54, 1.807) is 12.1 Å². The molecule has 0 saturated heterocycles. The van der Waals surface area contributed by atoms with Crippen LogP contribution in [0.5, 0.6) is 0 Å². The van der Waals surface area contributed by atoms with E-state index in [1.807, 2.05) is 0 Å². The Kier molecular flexibility index (Phi) is 5.05. The molecule has 24 heavy (non-hydrogen) atoms. The van der Waals surface area contributed by atoms with Crippen LogP contribution in [0.1, 0.15) is 20.7 Å². The lowest BCUT2D eigenvalue weighted by atomic mass is 10.2. The van der Waals surface area contributed by atoms with Gasteiger partial charge in [0.15, 0.2) is 0 Å². The standard InChI is InChI=1S/C15H12N2O6S/c1-16-14(18)10-4-2-3-5-12(10)24(23)13-7-6-9(17(21)22)8-11(13)15(19)20/h2-8H,1H3,(H,16,18)(H,19,20). The number of carboxylic acids is 1. The molecule has 2 aromatic carbocycles. The van der Waals surface area contributed by atoms with Crippen LogP contribution in [0.25, 0.3) is 0 Å². The molecule has 0 radical (unpaired) electrons. The van der Waals surface area contributed by atoms with Crippen LogP contribution < -0.4 is 5.32 Å². The van der Waals surface area contributed by atoms with E-state index in [9.17, 15) is 29.0 Å². The summed E-state index contributed by atoms with van der Waals surface area (Å²) in [4.78, 5) is 33.3. The normalized spacial score (nSPS) is 11.5. The van der Waals surface area contributed by atoms with Gasteiger partial charge in [-0.3, -0.25) is 14.9 Å². The number of rotatable bonds is 5. The number of hydrogen-bond acceptors (Lipinski definition) is 5. The molecule has 2 aromatic rings. The van der Waals surface area contributed by atoms with Gasteiger partial charge in [0.1, 0.15) is 0 Å². The highest BCUT2D eigenvalue weighted by atomic mass is 32.2. The minimum absolute atomic E-state index is 0.119. The van der Waals surface area contributed by atoms with E-state index < -0.39 is 38.9 Å². The minimum Gasteiger partial charge on any atom is -0.478 e. The number of carbonyl (C=O) groups excluding carboxylic acids is 1. The highest BCUT2D eigenvalue weighted by molar-refractivity contribution is 7.85. The van der Waals surface area contributed by atoms with Crippen molar-refractivity contribution in [2.75, 3.05) is 7.05 Å². The zero-order chi connectivity index (χ0) is 17.9. The summed E-state index contributed by atoms with van der Waals surface area (Å²) >= 11 is 0. The van der Waals surface area contributed by atoms with Crippen molar-refractivity contribution in [3.8, 4) is 0 Å². The van der Waals surface area contributed by atoms with Crippen molar-refractivity contribution in [1.29, 1.82) is 0 Å². The van der Waals surface area contributed by atoms with E-state index in [4.69, 9.17) is 0 Å². The van der Waals surface area contributed by atoms with Gasteiger partial charge in [-0.15, -0.1) is 0 Å². The summed E-state index contributed by atoms with van der Waals surface area (Å²) in [6.45, 7) is 0. The second-order valence-corrected chi connectivity index (χ2v) is 6.00. The van der Waals surface area contributed by atoms with Crippen LogP contribution in [0, 0.1) is 10.1 Å². The Bertz CT molecular complexity index is 865. The first-order valence-electron chi connectivity index (χ1n) is 6.61. The lowest BCUT2D eigenvalue weighted by Crippen LogP contribution is -2.20. The molecule has 124 valence electrons. The fourth-order valence-electron chi connectivity index (χ4n) is 2.03. The SMILES string of the molecule is CNC(=O)c1ccccc1S(=O)c1ccc([N+](=O)[O-])cc1C(=O)O. The number of carbonyl (C=O) groups is 2. The van der Waals surface area contributed by atoms with Crippen molar-refractivity contribution in [3.05, 3.63) is 63.7 Å². The second kappa shape index (κ2) is 7.01. The minimum atomic E-state index is -2.00. The van der Waals surface area contributed by atoms with E-state index >= 15 is 0 Å². The molecule has 0 saturated carbocycles. The van der Waals surface area contributed by atoms with Gasteiger partial charge in [0.2, 0.25) is 0 Å². The van der Waals surface area contributed by atoms with Crippen molar-refractivity contribution in [2.45, 2.75) is 9.79 Å². The van der Waals surface area contributed by atoms with E-state index in [1.165, 1.54) is 19.2 Å². The summed E-state index contributed by atoms with van der Waals surface area (Å²) in [5.74, 6) is -1.92. The van der Waals surface area contributed by atoms with Crippen molar-refractivity contribution < 1.29 is 23.8 Å². The molecule has 0 aliphatic carbocycles. The molecule has 8 nitrogen and oxygen atoms in total. The third-order valence-corrected chi connectivity index (χ3v) is 4.67. The van der Waals surface area contributed by atoms with Gasteiger partial charge in [0.05, 0.1) is 36.6 Å². The molecule has 1 atom stereocenters. The molecular formula is C15H12N2O6S. The monoisotopic (exact) mass is 348 g/mol. The molecule has 1 unspecified atom stereocenters. The molecule has 1 amide bonds. The summed E-state index contributed by atoms with van der Waals surface area (Å²) in [5.41, 5.74) is -0.741. The van der Waals surface area contributed by atoms with Crippen LogP contribution in [0.2, 0.25) is 0 Å². The number of hydrogen-bond donors (Lipinski definition) is 2. The van der Waals surface area contributed by atoms with Gasteiger partial charge in [-0.1, -0.05) is 12.1 Å². The molecule has 0 spiro atoms. The Morgan fingerprint density at radius 2 is 1.75 bits per heavy atom. The number of non-ortho nitro benzene ring substituents is 1. The van der Waals surface area contributed by atoms with Crippen molar-refractivity contribution in [2.24, 2.45) is 0 Å². The Morgan fingerprint density at radius 1 is 1.12 bits per heavy atom. The molecule has 0 bridgehead atoms. The topological polar surface area (TPSA) is 127 Å². The third-order valence-electron chi connectivity index (χ3n) is 3.16. The number of nitro groups is 1. The first kappa shape index (κ1) is 17.3. The first-order valence-corrected chi connectivity index (χ1v) is 7.76. The Balaban J connectivity index is 2.61. The van der Waals surface area contributed by atoms with Crippen molar-refractivity contribution in [3.63, 3.8) is 0 Å². The van der Waals surface area contributed by atoms with Crippen LogP contribution in [-0.4, -0.2) is 33.2 Å². The number of carboxylic acid groups (broad SMARTS) is 1. The molecule has 2 N–H and O–H groups in total. The molecule has 0 aromatic heterocycles. The fraction of sp³-hybridized carbons (Fsp3) is 0.0667. The maximum atomic E-state index is 12.8. The number of nitro benzene ring substituents is 1. The quantitative estimate of drug-likeness (QED) is 0.627. The van der Waals surface area contributed by atoms with Gasteiger partial charge >= 0.3 is 5.97 Å². The van der Waals surface area contributed by atoms with Gasteiger partial charge < -0.3 is 10.4 Å². The van der Waals surface area contributed by atoms with Crippen LogP contribution in [0.3, 0.4) is 0 Å². The lowest BCUT2D eigenvalue weighted by Gasteiger charge is -2.10. The van der Waals surface area contributed by atoms with E-state index in [0.29, 0.717) is 0 Å². The third kappa shape index (κ3) is 3.30. The van der Waals surface area contributed by atoms with E-state index in [0.717, 1.165) is 18.2 Å². The van der Waals surface area contributed by atoms with Gasteiger partial charge in [-0.05, 0) is 18.2 Å². The summed E-state index contributed by atoms with van der Waals surface area (Å²) in [5, 5.41) is 22.5. The molecular weight excluding hydrogens is 336 g/mol. The fourth-order valence-corrected chi connectivity index (χ4v) is 3.37. The van der Waals surface area contributed by atoms with Crippen LogP contribution >= 0.6 is 0 Å². The number of nitrogens with one attached hydrogen (secondary N) is 1. The first-order chi connectivity index (χ1) is 11.4. The zero-order valence-electron chi connectivity index (χ0n) is 12.4. The summed E-state index contributed by atoms with van der Waals surface area (Å²) < 4.78 is 12.8. The van der Waals surface area contributed by atoms with Crippen LogP contribution in [-0.2, 0) is 10.8 Å². The van der Waals surface area contributed by atoms with Gasteiger partial charge in [-0.25, -0.2) is 9.00 Å². The van der Waals surface area contributed by atoms with E-state index in [-0.39, 0.29) is 15.4 Å². The number of benzene rings is 2. The lowest BCUT2D eigenvalue weighted by molar-refractivity contribution is -0.384. The summed E-state index contributed by atoms with van der Waals surface area (Å²) in [7, 11) is -0.585. The van der Waals surface area contributed by atoms with E-state index in [2.05, 4.69) is 5.32 Å². The van der Waals surface area contributed by atoms with Gasteiger partial charge in [0, 0.05) is 19.2 Å². The molecule has 0 fully saturated rings. The van der Waals surface area contributed by atoms with Crippen LogP contribution in [0.4, 0.5) is 5.69 Å². The largest absolute Gasteiger partial charge is 0.478 e. The average Bonchev–Trinajstić information content (AvgIpc) is 2.59. The summed E-state index contributed by atoms with van der Waals surface area (Å²) in [6.07, 6.45) is 0. The van der Waals surface area contributed by atoms with Gasteiger partial charge in [-0.2, -0.15) is 0 Å². The smallest absolute Gasteiger partial charge is 0.337 e. The van der Waals surface area contributed by atoms with Crippen molar-refractivity contribution in [1.82, 2.24) is 5.32 Å². The average molecular weight is 348 g/mol. The highest BCUT2D eigenvalue weighted by Crippen LogP contribution is 2.26. The molecule has 9 heteroatoms. The summed E-state index contributed by atoms with van der Waals surface area (Å²) in [6, 6.07) is 9.08. The van der Waals surface area contributed by atoms with Crippen LogP contribution in [0.15, 0.2) is 52.3 Å². The van der Waals surface area contributed by atoms with Gasteiger partial charge in [0.25, 0.3) is 11.6 Å². The molecule has 0 heterocycles. The maximum absolute atomic E-state index is 12.8. The number of amides is 1. The Hall–Kier alpha value is -3.07. The van der Waals surface area contributed by atoms with Crippen molar-refractivity contribution >= 4 is 28.4 Å². The highest BCUT2D eigenvalue weighted by Gasteiger charge is 2.23. The second-order valence-electron chi connectivity index (χ2n) is 4.59. The molecule has 2 rings (SSSR count). The Morgan fingerprint density at radius 3 is 2.33 bits per heavy atom.